The summed E-state index contributed by atoms with van der Waals surface area (Å²) in [6.07, 6.45) is 7.22. The molecule has 0 atom stereocenters. The van der Waals surface area contributed by atoms with Crippen LogP contribution in [0.25, 0.3) is 23.1 Å². The largest absolute Gasteiger partial charge is 0.462 e. The predicted octanol–water partition coefficient (Wildman–Crippen LogP) is 3.91. The zero-order chi connectivity index (χ0) is 15.4. The van der Waals surface area contributed by atoms with Gasteiger partial charge in [-0.05, 0) is 24.6 Å². The number of rotatable bonds is 4. The highest BCUT2D eigenvalue weighted by Crippen LogP contribution is 2.24. The molecule has 4 heteroatoms. The van der Waals surface area contributed by atoms with Crippen LogP contribution in [0.5, 0.6) is 0 Å². The van der Waals surface area contributed by atoms with E-state index < -0.39 is 0 Å². The Morgan fingerprint density at radius 3 is 2.82 bits per heavy atom. The van der Waals surface area contributed by atoms with Crippen LogP contribution in [0.1, 0.15) is 28.5 Å². The average molecular weight is 292 g/mol. The highest BCUT2D eigenvalue weighted by molar-refractivity contribution is 6.07. The maximum atomic E-state index is 12.2. The first-order valence-electron chi connectivity index (χ1n) is 7.15. The van der Waals surface area contributed by atoms with Crippen LogP contribution in [0, 0.1) is 0 Å². The first-order valence-corrected chi connectivity index (χ1v) is 7.15. The van der Waals surface area contributed by atoms with Gasteiger partial charge in [0.2, 0.25) is 0 Å². The van der Waals surface area contributed by atoms with Gasteiger partial charge in [-0.25, -0.2) is 4.79 Å². The van der Waals surface area contributed by atoms with E-state index in [1.54, 1.807) is 19.3 Å². The highest BCUT2D eigenvalue weighted by Gasteiger charge is 2.18. The van der Waals surface area contributed by atoms with Gasteiger partial charge in [-0.3, -0.25) is 4.98 Å². The maximum absolute atomic E-state index is 12.2. The van der Waals surface area contributed by atoms with E-state index in [-0.39, 0.29) is 5.97 Å². The molecule has 0 aliphatic heterocycles. The van der Waals surface area contributed by atoms with E-state index in [1.165, 1.54) is 0 Å². The van der Waals surface area contributed by atoms with Crippen molar-refractivity contribution in [3.63, 3.8) is 0 Å². The Labute approximate surface area is 128 Å². The van der Waals surface area contributed by atoms with Crippen molar-refractivity contribution in [3.05, 3.63) is 65.6 Å². The number of nitrogens with zero attached hydrogens (tertiary/aromatic N) is 1. The molecule has 0 bridgehead atoms. The fraction of sp³-hybridized carbons (Fsp3) is 0.111. The lowest BCUT2D eigenvalue weighted by Gasteiger charge is -2.01. The molecular weight excluding hydrogens is 276 g/mol. The van der Waals surface area contributed by atoms with Crippen LogP contribution >= 0.6 is 0 Å². The third-order valence-electron chi connectivity index (χ3n) is 3.35. The standard InChI is InChI=1S/C18H16N2O2/c1-2-22-18(21)17-14-12-19-11-10-15(14)20-16(17)9-8-13-6-4-3-5-7-13/h3-12,20H,2H2,1H3/b9-8+. The molecule has 0 aliphatic carbocycles. The summed E-state index contributed by atoms with van der Waals surface area (Å²) in [4.78, 5) is 19.6. The van der Waals surface area contributed by atoms with E-state index in [0.29, 0.717) is 12.2 Å². The fourth-order valence-corrected chi connectivity index (χ4v) is 2.35. The zero-order valence-corrected chi connectivity index (χ0v) is 12.2. The molecule has 4 nitrogen and oxygen atoms in total. The highest BCUT2D eigenvalue weighted by atomic mass is 16.5. The molecule has 0 spiro atoms. The summed E-state index contributed by atoms with van der Waals surface area (Å²) in [6.45, 7) is 2.14. The molecule has 0 amide bonds. The minimum Gasteiger partial charge on any atom is -0.462 e. The monoisotopic (exact) mass is 292 g/mol. The van der Waals surface area contributed by atoms with Crippen LogP contribution in [-0.2, 0) is 4.74 Å². The van der Waals surface area contributed by atoms with Gasteiger partial charge >= 0.3 is 5.97 Å². The molecule has 2 aromatic heterocycles. The Kier molecular flexibility index (Phi) is 4.01. The molecule has 0 saturated carbocycles. The SMILES string of the molecule is CCOC(=O)c1c(/C=C/c2ccccc2)[nH]c2ccncc12. The first kappa shape index (κ1) is 14.1. The van der Waals surface area contributed by atoms with Gasteiger partial charge < -0.3 is 9.72 Å². The van der Waals surface area contributed by atoms with Crippen molar-refractivity contribution in [2.75, 3.05) is 6.61 Å². The molecular formula is C18H16N2O2. The van der Waals surface area contributed by atoms with Crippen LogP contribution in [0.2, 0.25) is 0 Å². The fourth-order valence-electron chi connectivity index (χ4n) is 2.35. The van der Waals surface area contributed by atoms with E-state index in [2.05, 4.69) is 9.97 Å². The molecule has 0 aliphatic rings. The predicted molar refractivity (Wildman–Crippen MR) is 87.4 cm³/mol. The van der Waals surface area contributed by atoms with Crippen LogP contribution in [0.4, 0.5) is 0 Å². The number of benzene rings is 1. The molecule has 0 radical (unpaired) electrons. The Morgan fingerprint density at radius 2 is 2.05 bits per heavy atom. The summed E-state index contributed by atoms with van der Waals surface area (Å²) >= 11 is 0. The van der Waals surface area contributed by atoms with Crippen LogP contribution in [0.3, 0.4) is 0 Å². The second-order valence-electron chi connectivity index (χ2n) is 4.80. The molecule has 1 N–H and O–H groups in total. The van der Waals surface area contributed by atoms with Gasteiger partial charge in [-0.1, -0.05) is 36.4 Å². The smallest absolute Gasteiger partial charge is 0.340 e. The average Bonchev–Trinajstić information content (AvgIpc) is 2.92. The third kappa shape index (κ3) is 2.76. The van der Waals surface area contributed by atoms with Crippen molar-refractivity contribution in [2.45, 2.75) is 6.92 Å². The number of esters is 1. The van der Waals surface area contributed by atoms with Crippen molar-refractivity contribution >= 4 is 29.0 Å². The summed E-state index contributed by atoms with van der Waals surface area (Å²) in [5, 5.41) is 0.772. The summed E-state index contributed by atoms with van der Waals surface area (Å²) in [5.41, 5.74) is 3.18. The molecule has 22 heavy (non-hydrogen) atoms. The van der Waals surface area contributed by atoms with Gasteiger partial charge in [-0.2, -0.15) is 0 Å². The first-order chi connectivity index (χ1) is 10.8. The number of carbonyl (C=O) groups is 1. The van der Waals surface area contributed by atoms with Gasteiger partial charge in [0, 0.05) is 23.3 Å². The molecule has 0 fully saturated rings. The quantitative estimate of drug-likeness (QED) is 0.742. The Hall–Kier alpha value is -2.88. The second kappa shape index (κ2) is 6.26. The maximum Gasteiger partial charge on any atom is 0.340 e. The summed E-state index contributed by atoms with van der Waals surface area (Å²) in [6, 6.07) is 11.8. The van der Waals surface area contributed by atoms with E-state index >= 15 is 0 Å². The third-order valence-corrected chi connectivity index (χ3v) is 3.35. The number of carbonyl (C=O) groups excluding carboxylic acids is 1. The zero-order valence-electron chi connectivity index (χ0n) is 12.2. The van der Waals surface area contributed by atoms with Gasteiger partial charge in [0.05, 0.1) is 17.9 Å². The normalized spacial score (nSPS) is 11.1. The number of hydrogen-bond acceptors (Lipinski definition) is 3. The van der Waals surface area contributed by atoms with Crippen molar-refractivity contribution < 1.29 is 9.53 Å². The number of aromatic nitrogens is 2. The van der Waals surface area contributed by atoms with E-state index in [9.17, 15) is 4.79 Å². The van der Waals surface area contributed by atoms with Crippen LogP contribution in [0.15, 0.2) is 48.8 Å². The van der Waals surface area contributed by atoms with Crippen LogP contribution < -0.4 is 0 Å². The second-order valence-corrected chi connectivity index (χ2v) is 4.80. The lowest BCUT2D eigenvalue weighted by Crippen LogP contribution is -2.05. The topological polar surface area (TPSA) is 55.0 Å². The molecule has 3 rings (SSSR count). The lowest BCUT2D eigenvalue weighted by molar-refractivity contribution is 0.0528. The van der Waals surface area contributed by atoms with Crippen LogP contribution in [-0.4, -0.2) is 22.5 Å². The Bertz CT molecular complexity index is 819. The molecule has 3 aromatic rings. The van der Waals surface area contributed by atoms with Crippen molar-refractivity contribution in [3.8, 4) is 0 Å². The number of H-pyrrole nitrogens is 1. The summed E-state index contributed by atoms with van der Waals surface area (Å²) in [5.74, 6) is -0.338. The van der Waals surface area contributed by atoms with Crippen molar-refractivity contribution in [1.82, 2.24) is 9.97 Å². The number of pyridine rings is 1. The van der Waals surface area contributed by atoms with E-state index in [0.717, 1.165) is 22.2 Å². The number of nitrogens with one attached hydrogen (secondary N) is 1. The Morgan fingerprint density at radius 1 is 1.23 bits per heavy atom. The molecule has 0 saturated heterocycles. The van der Waals surface area contributed by atoms with Crippen molar-refractivity contribution in [2.24, 2.45) is 0 Å². The number of ether oxygens (including phenoxy) is 1. The molecule has 1 aromatic carbocycles. The number of hydrogen-bond donors (Lipinski definition) is 1. The van der Waals surface area contributed by atoms with Gasteiger partial charge in [-0.15, -0.1) is 0 Å². The lowest BCUT2D eigenvalue weighted by atomic mass is 10.1. The minimum absolute atomic E-state index is 0.338. The van der Waals surface area contributed by atoms with E-state index in [4.69, 9.17) is 4.74 Å². The number of aromatic amines is 1. The summed E-state index contributed by atoms with van der Waals surface area (Å²) in [7, 11) is 0. The van der Waals surface area contributed by atoms with E-state index in [1.807, 2.05) is 48.6 Å². The number of fused-ring (bicyclic) bond motifs is 1. The molecule has 2 heterocycles. The van der Waals surface area contributed by atoms with Crippen molar-refractivity contribution in [1.29, 1.82) is 0 Å². The van der Waals surface area contributed by atoms with Gasteiger partial charge in [0.25, 0.3) is 0 Å². The summed E-state index contributed by atoms with van der Waals surface area (Å²) < 4.78 is 5.17. The molecule has 0 unspecified atom stereocenters. The Balaban J connectivity index is 2.06. The van der Waals surface area contributed by atoms with Gasteiger partial charge in [0.1, 0.15) is 0 Å². The van der Waals surface area contributed by atoms with Gasteiger partial charge in [0.15, 0.2) is 0 Å². The molecule has 110 valence electrons. The minimum atomic E-state index is -0.338.